The van der Waals surface area contributed by atoms with Crippen LogP contribution in [-0.4, -0.2) is 49.3 Å². The molecule has 2 aliphatic rings. The first-order chi connectivity index (χ1) is 17.7. The van der Waals surface area contributed by atoms with Gasteiger partial charge in [0, 0.05) is 37.0 Å². The Hall–Kier alpha value is -3.88. The van der Waals surface area contributed by atoms with Crippen LogP contribution >= 0.6 is 22.9 Å². The van der Waals surface area contributed by atoms with Crippen LogP contribution in [0.15, 0.2) is 43.8 Å². The van der Waals surface area contributed by atoms with Gasteiger partial charge in [0.25, 0.3) is 0 Å². The average molecular weight is 526 g/mol. The minimum atomic E-state index is 0.523. The highest BCUT2D eigenvalue weighted by Gasteiger charge is 2.26. The van der Waals surface area contributed by atoms with Gasteiger partial charge in [-0.3, -0.25) is 9.89 Å². The summed E-state index contributed by atoms with van der Waals surface area (Å²) >= 11 is 6.72. The number of fused-ring (bicyclic) bond motifs is 1. The van der Waals surface area contributed by atoms with Crippen molar-refractivity contribution in [1.82, 2.24) is 29.8 Å². The summed E-state index contributed by atoms with van der Waals surface area (Å²) in [7, 11) is 0. The summed E-state index contributed by atoms with van der Waals surface area (Å²) in [5, 5.41) is 18.4. The van der Waals surface area contributed by atoms with E-state index in [9.17, 15) is 4.79 Å². The second-order valence-electron chi connectivity index (χ2n) is 7.63. The predicted octanol–water partition coefficient (Wildman–Crippen LogP) is 5.09. The SMILES string of the molecule is C#C.C=C.O=CNc1ncc(Cl)s1.c1cc2c(Nc3cc(C4CC4)[nH]n3)nc(N3CCCC3)nn2c1. The molecule has 1 amide bonds. The lowest BCUT2D eigenvalue weighted by Crippen LogP contribution is -2.22. The van der Waals surface area contributed by atoms with Crippen molar-refractivity contribution in [3.8, 4) is 12.8 Å². The number of aromatic nitrogens is 6. The number of carbonyl (C=O) groups is 1. The number of H-pyrrole nitrogens is 1. The molecule has 1 aliphatic heterocycles. The van der Waals surface area contributed by atoms with Crippen molar-refractivity contribution in [2.45, 2.75) is 31.6 Å². The van der Waals surface area contributed by atoms with Gasteiger partial charge in [-0.1, -0.05) is 22.9 Å². The second kappa shape index (κ2) is 13.3. The van der Waals surface area contributed by atoms with Gasteiger partial charge in [0.2, 0.25) is 12.4 Å². The van der Waals surface area contributed by atoms with Gasteiger partial charge >= 0.3 is 0 Å². The molecule has 1 aliphatic carbocycles. The topological polar surface area (TPSA) is 116 Å². The molecule has 6 rings (SSSR count). The van der Waals surface area contributed by atoms with Gasteiger partial charge in [-0.25, -0.2) is 9.50 Å². The highest BCUT2D eigenvalue weighted by Crippen LogP contribution is 2.39. The van der Waals surface area contributed by atoms with Crippen LogP contribution in [0.5, 0.6) is 0 Å². The maximum atomic E-state index is 9.80. The maximum absolute atomic E-state index is 9.80. The summed E-state index contributed by atoms with van der Waals surface area (Å²) in [6.45, 7) is 8.06. The van der Waals surface area contributed by atoms with Crippen LogP contribution in [0.25, 0.3) is 5.52 Å². The standard InChI is InChI=1S/C16H19N7.C4H3ClN2OS.C2H4.C2H2/c1-2-8-22(7-1)16-18-15(13-4-3-9-23(13)21-16)17-14-10-12(19-20-14)11-5-6-11;5-3-1-6-4(9-3)7-2-8;2*1-2/h3-4,9-11H,1-2,5-8H2,(H2,17,18,19,20,21);1-2H,(H,6,7,8);1-2H2;1-2H. The van der Waals surface area contributed by atoms with Crippen LogP contribution in [0.1, 0.15) is 37.3 Å². The van der Waals surface area contributed by atoms with E-state index < -0.39 is 0 Å². The molecule has 0 atom stereocenters. The Balaban J connectivity index is 0.000000235. The van der Waals surface area contributed by atoms with Gasteiger partial charge in [-0.05, 0) is 37.8 Å². The Labute approximate surface area is 218 Å². The number of hydrogen-bond acceptors (Lipinski definition) is 8. The smallest absolute Gasteiger partial charge is 0.245 e. The molecule has 0 unspecified atom stereocenters. The molecule has 2 fully saturated rings. The number of anilines is 4. The quantitative estimate of drug-likeness (QED) is 0.182. The molecule has 0 aromatic carbocycles. The monoisotopic (exact) mass is 525 g/mol. The molecule has 10 nitrogen and oxygen atoms in total. The summed E-state index contributed by atoms with van der Waals surface area (Å²) < 4.78 is 2.46. The van der Waals surface area contributed by atoms with Crippen LogP contribution in [0.3, 0.4) is 0 Å². The summed E-state index contributed by atoms with van der Waals surface area (Å²) in [6.07, 6.45) is 16.9. The molecule has 12 heteroatoms. The molecule has 5 heterocycles. The normalized spacial score (nSPS) is 13.9. The fourth-order valence-corrected chi connectivity index (χ4v) is 4.33. The number of aromatic amines is 1. The predicted molar refractivity (Wildman–Crippen MR) is 146 cm³/mol. The van der Waals surface area contributed by atoms with E-state index in [1.54, 1.807) is 0 Å². The van der Waals surface area contributed by atoms with E-state index in [1.807, 2.05) is 22.8 Å². The molecule has 1 saturated carbocycles. The van der Waals surface area contributed by atoms with Crippen LogP contribution in [0, 0.1) is 12.8 Å². The summed E-state index contributed by atoms with van der Waals surface area (Å²) in [5.74, 6) is 3.07. The van der Waals surface area contributed by atoms with E-state index >= 15 is 0 Å². The van der Waals surface area contributed by atoms with E-state index in [0.29, 0.717) is 21.8 Å². The minimum absolute atomic E-state index is 0.523. The van der Waals surface area contributed by atoms with Gasteiger partial charge in [-0.2, -0.15) is 10.1 Å². The third-order valence-corrected chi connectivity index (χ3v) is 6.34. The zero-order chi connectivity index (χ0) is 25.9. The van der Waals surface area contributed by atoms with Gasteiger partial charge in [0.05, 0.1) is 6.20 Å². The van der Waals surface area contributed by atoms with Crippen molar-refractivity contribution in [1.29, 1.82) is 0 Å². The maximum Gasteiger partial charge on any atom is 0.245 e. The highest BCUT2D eigenvalue weighted by molar-refractivity contribution is 7.19. The van der Waals surface area contributed by atoms with E-state index in [1.165, 1.54) is 48.9 Å². The van der Waals surface area contributed by atoms with E-state index in [-0.39, 0.29) is 0 Å². The number of nitrogens with zero attached hydrogens (tertiary/aromatic N) is 6. The molecular weight excluding hydrogens is 498 g/mol. The summed E-state index contributed by atoms with van der Waals surface area (Å²) in [4.78, 5) is 20.5. The Morgan fingerprint density at radius 1 is 1.25 bits per heavy atom. The van der Waals surface area contributed by atoms with Gasteiger partial charge < -0.3 is 15.5 Å². The zero-order valence-electron chi connectivity index (χ0n) is 19.7. The van der Waals surface area contributed by atoms with Crippen molar-refractivity contribution in [3.63, 3.8) is 0 Å². The van der Waals surface area contributed by atoms with Gasteiger partial charge in [-0.15, -0.1) is 31.1 Å². The lowest BCUT2D eigenvalue weighted by atomic mass is 10.3. The van der Waals surface area contributed by atoms with Crippen LogP contribution < -0.4 is 15.5 Å². The number of terminal acetylenes is 1. The first-order valence-electron chi connectivity index (χ1n) is 11.3. The Bertz CT molecular complexity index is 1270. The Morgan fingerprint density at radius 3 is 2.64 bits per heavy atom. The van der Waals surface area contributed by atoms with Gasteiger partial charge in [0.1, 0.15) is 9.85 Å². The third kappa shape index (κ3) is 6.84. The van der Waals surface area contributed by atoms with E-state index in [4.69, 9.17) is 16.6 Å². The average Bonchev–Trinajstić information content (AvgIpc) is 3.37. The molecule has 0 bridgehead atoms. The van der Waals surface area contributed by atoms with Crippen LogP contribution in [0.2, 0.25) is 4.34 Å². The first kappa shape index (κ1) is 26.7. The van der Waals surface area contributed by atoms with Crippen LogP contribution in [0.4, 0.5) is 22.7 Å². The Kier molecular flexibility index (Phi) is 9.85. The third-order valence-electron chi connectivity index (χ3n) is 5.29. The molecule has 0 radical (unpaired) electrons. The molecule has 3 N–H and O–H groups in total. The zero-order valence-corrected chi connectivity index (χ0v) is 21.3. The van der Waals surface area contributed by atoms with Crippen molar-refractivity contribution in [2.24, 2.45) is 0 Å². The fraction of sp³-hybridized carbons (Fsp3) is 0.292. The molecule has 4 aromatic heterocycles. The first-order valence-corrected chi connectivity index (χ1v) is 12.5. The second-order valence-corrected chi connectivity index (χ2v) is 9.29. The number of hydrogen-bond donors (Lipinski definition) is 3. The molecular formula is C24H28ClN9OS. The van der Waals surface area contributed by atoms with Crippen molar-refractivity contribution < 1.29 is 4.79 Å². The van der Waals surface area contributed by atoms with Gasteiger partial charge in [0.15, 0.2) is 16.8 Å². The molecule has 1 saturated heterocycles. The molecule has 4 aromatic rings. The van der Waals surface area contributed by atoms with Crippen molar-refractivity contribution in [3.05, 3.63) is 53.8 Å². The summed E-state index contributed by atoms with van der Waals surface area (Å²) in [6, 6.07) is 6.10. The van der Waals surface area contributed by atoms with Crippen molar-refractivity contribution >= 4 is 57.6 Å². The van der Waals surface area contributed by atoms with E-state index in [2.05, 4.69) is 67.9 Å². The number of rotatable bonds is 6. The summed E-state index contributed by atoms with van der Waals surface area (Å²) in [5.41, 5.74) is 2.18. The largest absolute Gasteiger partial charge is 0.340 e. The van der Waals surface area contributed by atoms with Crippen LogP contribution in [-0.2, 0) is 4.79 Å². The molecule has 0 spiro atoms. The molecule has 188 valence electrons. The lowest BCUT2D eigenvalue weighted by molar-refractivity contribution is -0.105. The van der Waals surface area contributed by atoms with E-state index in [0.717, 1.165) is 36.2 Å². The number of nitrogens with one attached hydrogen (secondary N) is 3. The minimum Gasteiger partial charge on any atom is -0.340 e. The number of thiazole rings is 1. The number of halogens is 1. The lowest BCUT2D eigenvalue weighted by Gasteiger charge is -2.16. The number of carbonyl (C=O) groups excluding carboxylic acids is 1. The van der Waals surface area contributed by atoms with Crippen molar-refractivity contribution in [2.75, 3.05) is 28.6 Å². The molecule has 36 heavy (non-hydrogen) atoms. The Morgan fingerprint density at radius 2 is 2.00 bits per heavy atom. The highest BCUT2D eigenvalue weighted by atomic mass is 35.5. The number of amides is 1. The fourth-order valence-electron chi connectivity index (χ4n) is 3.56.